The van der Waals surface area contributed by atoms with E-state index in [4.69, 9.17) is 4.42 Å². The molecule has 7 heteroatoms. The van der Waals surface area contributed by atoms with Gasteiger partial charge in [-0.3, -0.25) is 14.6 Å². The van der Waals surface area contributed by atoms with Gasteiger partial charge in [0.2, 0.25) is 5.91 Å². The monoisotopic (exact) mass is 374 g/mol. The Morgan fingerprint density at radius 2 is 1.96 bits per heavy atom. The van der Waals surface area contributed by atoms with Crippen molar-refractivity contribution in [1.29, 1.82) is 0 Å². The molecular formula is C21H18N4O3. The summed E-state index contributed by atoms with van der Waals surface area (Å²) in [6.07, 6.45) is 5.45. The van der Waals surface area contributed by atoms with Crippen molar-refractivity contribution in [3.63, 3.8) is 0 Å². The summed E-state index contributed by atoms with van der Waals surface area (Å²) < 4.78 is 5.27. The molecule has 140 valence electrons. The predicted octanol–water partition coefficient (Wildman–Crippen LogP) is 3.62. The highest BCUT2D eigenvalue weighted by atomic mass is 16.3. The van der Waals surface area contributed by atoms with Crippen LogP contribution in [-0.4, -0.2) is 27.5 Å². The SMILES string of the molecule is CC(=O)Nc1ccc(C2=NN(C(=O)c3ccco3)[C@H](c3cccnc3)C2)cc1. The molecular weight excluding hydrogens is 356 g/mol. The Labute approximate surface area is 161 Å². The van der Waals surface area contributed by atoms with E-state index >= 15 is 0 Å². The number of nitrogens with one attached hydrogen (secondary N) is 1. The first-order valence-electron chi connectivity index (χ1n) is 8.84. The number of benzene rings is 1. The number of carbonyl (C=O) groups is 2. The molecule has 3 heterocycles. The van der Waals surface area contributed by atoms with E-state index in [1.54, 1.807) is 24.5 Å². The van der Waals surface area contributed by atoms with Crippen LogP contribution in [0.5, 0.6) is 0 Å². The zero-order chi connectivity index (χ0) is 19.5. The maximum atomic E-state index is 12.9. The molecule has 4 rings (SSSR count). The van der Waals surface area contributed by atoms with Gasteiger partial charge in [-0.2, -0.15) is 5.10 Å². The van der Waals surface area contributed by atoms with Crippen molar-refractivity contribution < 1.29 is 14.0 Å². The molecule has 28 heavy (non-hydrogen) atoms. The number of nitrogens with zero attached hydrogens (tertiary/aromatic N) is 3. The summed E-state index contributed by atoms with van der Waals surface area (Å²) in [4.78, 5) is 28.3. The number of aromatic nitrogens is 1. The highest BCUT2D eigenvalue weighted by molar-refractivity contribution is 6.05. The van der Waals surface area contributed by atoms with Gasteiger partial charge in [0.25, 0.3) is 0 Å². The number of hydrazone groups is 1. The summed E-state index contributed by atoms with van der Waals surface area (Å²) in [6, 6.07) is 14.2. The Balaban J connectivity index is 1.65. The summed E-state index contributed by atoms with van der Waals surface area (Å²) in [5, 5.41) is 8.78. The van der Waals surface area contributed by atoms with Crippen molar-refractivity contribution in [2.75, 3.05) is 5.32 Å². The van der Waals surface area contributed by atoms with Crippen LogP contribution in [0, 0.1) is 0 Å². The average molecular weight is 374 g/mol. The Kier molecular flexibility index (Phi) is 4.72. The highest BCUT2D eigenvalue weighted by Crippen LogP contribution is 2.33. The summed E-state index contributed by atoms with van der Waals surface area (Å²) in [5.41, 5.74) is 3.28. The van der Waals surface area contributed by atoms with Crippen LogP contribution >= 0.6 is 0 Å². The number of furan rings is 1. The molecule has 2 aromatic heterocycles. The quantitative estimate of drug-likeness (QED) is 0.755. The van der Waals surface area contributed by atoms with Gasteiger partial charge in [0.15, 0.2) is 5.76 Å². The smallest absolute Gasteiger partial charge is 0.310 e. The molecule has 0 unspecified atom stereocenters. The minimum Gasteiger partial charge on any atom is -0.459 e. The minimum absolute atomic E-state index is 0.127. The number of rotatable bonds is 4. The van der Waals surface area contributed by atoms with Crippen molar-refractivity contribution in [3.05, 3.63) is 84.1 Å². The van der Waals surface area contributed by atoms with Crippen molar-refractivity contribution >= 4 is 23.2 Å². The molecule has 2 amide bonds. The van der Waals surface area contributed by atoms with Crippen LogP contribution in [-0.2, 0) is 4.79 Å². The third-order valence-corrected chi connectivity index (χ3v) is 4.46. The van der Waals surface area contributed by atoms with E-state index in [2.05, 4.69) is 15.4 Å². The summed E-state index contributed by atoms with van der Waals surface area (Å²) >= 11 is 0. The van der Waals surface area contributed by atoms with Crippen LogP contribution < -0.4 is 5.32 Å². The fraction of sp³-hybridized carbons (Fsp3) is 0.143. The van der Waals surface area contributed by atoms with Gasteiger partial charge in [0, 0.05) is 31.4 Å². The third-order valence-electron chi connectivity index (χ3n) is 4.46. The van der Waals surface area contributed by atoms with Gasteiger partial charge in [-0.05, 0) is 41.5 Å². The second-order valence-electron chi connectivity index (χ2n) is 6.44. The summed E-state index contributed by atoms with van der Waals surface area (Å²) in [6.45, 7) is 1.46. The van der Waals surface area contributed by atoms with Crippen LogP contribution in [0.2, 0.25) is 0 Å². The molecule has 0 fully saturated rings. The largest absolute Gasteiger partial charge is 0.459 e. The topological polar surface area (TPSA) is 87.8 Å². The molecule has 1 aliphatic rings. The van der Waals surface area contributed by atoms with E-state index in [1.807, 2.05) is 36.4 Å². The summed E-state index contributed by atoms with van der Waals surface area (Å²) in [5.74, 6) is -0.193. The molecule has 0 bridgehead atoms. The van der Waals surface area contributed by atoms with E-state index in [0.29, 0.717) is 12.1 Å². The normalized spacial score (nSPS) is 16.0. The fourth-order valence-corrected chi connectivity index (χ4v) is 3.17. The molecule has 3 aromatic rings. The second-order valence-corrected chi connectivity index (χ2v) is 6.44. The lowest BCUT2D eigenvalue weighted by molar-refractivity contribution is -0.114. The first-order valence-corrected chi connectivity index (χ1v) is 8.84. The van der Waals surface area contributed by atoms with Crippen molar-refractivity contribution in [2.24, 2.45) is 5.10 Å². The standard InChI is InChI=1S/C21H18N4O3/c1-14(26)23-17-8-6-15(7-9-17)18-12-19(16-4-2-10-22-13-16)25(24-18)21(27)20-5-3-11-28-20/h2-11,13,19H,12H2,1H3,(H,23,26)/t19-/m0/s1. The maximum absolute atomic E-state index is 12.9. The Morgan fingerprint density at radius 1 is 1.14 bits per heavy atom. The number of hydrogen-bond donors (Lipinski definition) is 1. The van der Waals surface area contributed by atoms with Crippen LogP contribution in [0.1, 0.15) is 41.1 Å². The Morgan fingerprint density at radius 3 is 2.61 bits per heavy atom. The van der Waals surface area contributed by atoms with Crippen LogP contribution in [0.15, 0.2) is 76.7 Å². The lowest BCUT2D eigenvalue weighted by atomic mass is 9.99. The van der Waals surface area contributed by atoms with Crippen LogP contribution in [0.25, 0.3) is 0 Å². The van der Waals surface area contributed by atoms with Gasteiger partial charge in [-0.25, -0.2) is 5.01 Å². The third kappa shape index (κ3) is 3.55. The highest BCUT2D eigenvalue weighted by Gasteiger charge is 2.34. The number of carbonyl (C=O) groups excluding carboxylic acids is 2. The van der Waals surface area contributed by atoms with Gasteiger partial charge in [-0.1, -0.05) is 18.2 Å². The van der Waals surface area contributed by atoms with Crippen molar-refractivity contribution in [1.82, 2.24) is 9.99 Å². The zero-order valence-electron chi connectivity index (χ0n) is 15.2. The molecule has 1 N–H and O–H groups in total. The number of pyridine rings is 1. The van der Waals surface area contributed by atoms with Crippen molar-refractivity contribution in [3.8, 4) is 0 Å². The Hall–Kier alpha value is -3.74. The number of anilines is 1. The van der Waals surface area contributed by atoms with E-state index < -0.39 is 0 Å². The molecule has 0 saturated carbocycles. The molecule has 1 aromatic carbocycles. The maximum Gasteiger partial charge on any atom is 0.310 e. The molecule has 1 aliphatic heterocycles. The molecule has 7 nitrogen and oxygen atoms in total. The van der Waals surface area contributed by atoms with Gasteiger partial charge >= 0.3 is 5.91 Å². The van der Waals surface area contributed by atoms with Gasteiger partial charge in [-0.15, -0.1) is 0 Å². The van der Waals surface area contributed by atoms with E-state index in [1.165, 1.54) is 18.2 Å². The van der Waals surface area contributed by atoms with Gasteiger partial charge in [0.05, 0.1) is 18.0 Å². The first kappa shape index (κ1) is 17.7. The first-order chi connectivity index (χ1) is 13.6. The molecule has 0 saturated heterocycles. The van der Waals surface area contributed by atoms with E-state index in [9.17, 15) is 9.59 Å². The Bertz CT molecular complexity index is 1010. The molecule has 0 aliphatic carbocycles. The molecule has 1 atom stereocenters. The lowest BCUT2D eigenvalue weighted by Gasteiger charge is -2.20. The molecule has 0 radical (unpaired) electrons. The van der Waals surface area contributed by atoms with Crippen molar-refractivity contribution in [2.45, 2.75) is 19.4 Å². The summed E-state index contributed by atoms with van der Waals surface area (Å²) in [7, 11) is 0. The number of amides is 2. The van der Waals surface area contributed by atoms with Crippen LogP contribution in [0.3, 0.4) is 0 Å². The number of hydrogen-bond acceptors (Lipinski definition) is 5. The second kappa shape index (κ2) is 7.48. The van der Waals surface area contributed by atoms with E-state index in [-0.39, 0.29) is 23.6 Å². The zero-order valence-corrected chi connectivity index (χ0v) is 15.2. The predicted molar refractivity (Wildman–Crippen MR) is 104 cm³/mol. The minimum atomic E-state index is -0.302. The van der Waals surface area contributed by atoms with Gasteiger partial charge < -0.3 is 9.73 Å². The van der Waals surface area contributed by atoms with Crippen LogP contribution in [0.4, 0.5) is 5.69 Å². The lowest BCUT2D eigenvalue weighted by Crippen LogP contribution is -2.26. The van der Waals surface area contributed by atoms with E-state index in [0.717, 1.165) is 16.8 Å². The van der Waals surface area contributed by atoms with Gasteiger partial charge in [0.1, 0.15) is 0 Å². The average Bonchev–Trinajstić information content (AvgIpc) is 3.39. The fourth-order valence-electron chi connectivity index (χ4n) is 3.17. The molecule has 0 spiro atoms.